The van der Waals surface area contributed by atoms with Gasteiger partial charge in [-0.1, -0.05) is 0 Å². The van der Waals surface area contributed by atoms with Crippen LogP contribution in [0.3, 0.4) is 0 Å². The number of ether oxygens (including phenoxy) is 1. The van der Waals surface area contributed by atoms with Crippen LogP contribution in [0.1, 0.15) is 19.3 Å². The van der Waals surface area contributed by atoms with Gasteiger partial charge >= 0.3 is 0 Å². The summed E-state index contributed by atoms with van der Waals surface area (Å²) in [4.78, 5) is 2.36. The van der Waals surface area contributed by atoms with Gasteiger partial charge < -0.3 is 9.84 Å². The molecule has 1 N–H and O–H groups in total. The fraction of sp³-hybridized carbons (Fsp3) is 1.00. The van der Waals surface area contributed by atoms with Crippen molar-refractivity contribution in [2.24, 2.45) is 0 Å². The Kier molecular flexibility index (Phi) is 2.10. The first-order chi connectivity index (χ1) is 5.72. The third kappa shape index (κ3) is 1.16. The first-order valence-electron chi connectivity index (χ1n) is 4.65. The second kappa shape index (κ2) is 2.98. The average Bonchev–Trinajstić information content (AvgIpc) is 2.27. The van der Waals surface area contributed by atoms with Crippen molar-refractivity contribution in [2.45, 2.75) is 43.6 Å². The Morgan fingerprint density at radius 2 is 2.08 bits per heavy atom. The van der Waals surface area contributed by atoms with E-state index in [1.165, 1.54) is 0 Å². The van der Waals surface area contributed by atoms with Gasteiger partial charge in [-0.15, -0.1) is 0 Å². The quantitative estimate of drug-likeness (QED) is 0.613. The number of likely N-dealkylation sites (N-methyl/N-ethyl adjacent to an activating group) is 1. The highest BCUT2D eigenvalue weighted by Gasteiger charge is 2.44. The second-order valence-corrected chi connectivity index (χ2v) is 4.02. The molecule has 0 aromatic carbocycles. The van der Waals surface area contributed by atoms with Crippen molar-refractivity contribution in [3.8, 4) is 0 Å². The standard InChI is InChI=1S/C9H17NO2/c1-10-6-3-7(11)5-8(10)9(4-6)12-2/h6-9,11H,3-5H2,1-2H3/t6-,7+,8-,9+/m0/s1. The van der Waals surface area contributed by atoms with Gasteiger partial charge in [0.1, 0.15) is 0 Å². The topological polar surface area (TPSA) is 32.7 Å². The maximum atomic E-state index is 9.54. The molecule has 3 heteroatoms. The van der Waals surface area contributed by atoms with Crippen LogP contribution in [0.5, 0.6) is 0 Å². The number of aliphatic hydroxyl groups is 1. The summed E-state index contributed by atoms with van der Waals surface area (Å²) < 4.78 is 5.39. The number of hydrogen-bond acceptors (Lipinski definition) is 3. The molecule has 0 aromatic rings. The van der Waals surface area contributed by atoms with Gasteiger partial charge in [0.05, 0.1) is 12.2 Å². The molecule has 0 aliphatic carbocycles. The van der Waals surface area contributed by atoms with E-state index in [2.05, 4.69) is 11.9 Å². The van der Waals surface area contributed by atoms with Crippen LogP contribution in [0.4, 0.5) is 0 Å². The van der Waals surface area contributed by atoms with Crippen molar-refractivity contribution in [1.82, 2.24) is 4.90 Å². The Labute approximate surface area is 73.3 Å². The lowest BCUT2D eigenvalue weighted by molar-refractivity contribution is 0.0151. The smallest absolute Gasteiger partial charge is 0.0742 e. The number of fused-ring (bicyclic) bond motifs is 2. The monoisotopic (exact) mass is 171 g/mol. The fourth-order valence-electron chi connectivity index (χ4n) is 2.65. The molecule has 2 saturated heterocycles. The van der Waals surface area contributed by atoms with E-state index in [1.54, 1.807) is 7.11 Å². The summed E-state index contributed by atoms with van der Waals surface area (Å²) in [6.45, 7) is 0. The highest BCUT2D eigenvalue weighted by molar-refractivity contribution is 4.99. The minimum absolute atomic E-state index is 0.101. The van der Waals surface area contributed by atoms with E-state index in [1.807, 2.05) is 0 Å². The van der Waals surface area contributed by atoms with Gasteiger partial charge in [-0.25, -0.2) is 0 Å². The molecule has 2 fully saturated rings. The Morgan fingerprint density at radius 3 is 2.75 bits per heavy atom. The molecule has 70 valence electrons. The summed E-state index contributed by atoms with van der Waals surface area (Å²) in [5, 5.41) is 9.54. The first-order valence-corrected chi connectivity index (χ1v) is 4.65. The highest BCUT2D eigenvalue weighted by atomic mass is 16.5. The zero-order chi connectivity index (χ0) is 8.72. The van der Waals surface area contributed by atoms with E-state index in [9.17, 15) is 5.11 Å². The minimum Gasteiger partial charge on any atom is -0.393 e. The largest absolute Gasteiger partial charge is 0.393 e. The summed E-state index contributed by atoms with van der Waals surface area (Å²) in [5.41, 5.74) is 0. The molecule has 2 aliphatic rings. The number of aliphatic hydroxyl groups excluding tert-OH is 1. The third-order valence-electron chi connectivity index (χ3n) is 3.39. The predicted molar refractivity (Wildman–Crippen MR) is 46.0 cm³/mol. The van der Waals surface area contributed by atoms with Crippen LogP contribution in [0.2, 0.25) is 0 Å². The normalized spacial score (nSPS) is 48.2. The molecule has 2 aliphatic heterocycles. The number of hydrogen-bond donors (Lipinski definition) is 1. The van der Waals surface area contributed by atoms with Crippen molar-refractivity contribution >= 4 is 0 Å². The van der Waals surface area contributed by atoms with E-state index < -0.39 is 0 Å². The van der Waals surface area contributed by atoms with Gasteiger partial charge in [0.15, 0.2) is 0 Å². The molecule has 2 rings (SSSR count). The summed E-state index contributed by atoms with van der Waals surface area (Å²) in [6.07, 6.45) is 3.14. The molecule has 0 radical (unpaired) electrons. The Balaban J connectivity index is 2.11. The molecule has 0 unspecified atom stereocenters. The molecular formula is C9H17NO2. The van der Waals surface area contributed by atoms with Gasteiger partial charge in [-0.2, -0.15) is 0 Å². The number of rotatable bonds is 1. The number of piperidine rings is 1. The van der Waals surface area contributed by atoms with Gasteiger partial charge in [0.2, 0.25) is 0 Å². The summed E-state index contributed by atoms with van der Waals surface area (Å²) >= 11 is 0. The summed E-state index contributed by atoms with van der Waals surface area (Å²) in [7, 11) is 3.91. The van der Waals surface area contributed by atoms with E-state index in [-0.39, 0.29) is 6.10 Å². The van der Waals surface area contributed by atoms with Crippen LogP contribution >= 0.6 is 0 Å². The van der Waals surface area contributed by atoms with E-state index >= 15 is 0 Å². The fourth-order valence-corrected chi connectivity index (χ4v) is 2.65. The Hall–Kier alpha value is -0.120. The third-order valence-corrected chi connectivity index (χ3v) is 3.39. The van der Waals surface area contributed by atoms with Crippen molar-refractivity contribution in [1.29, 1.82) is 0 Å². The lowest BCUT2D eigenvalue weighted by Gasteiger charge is -2.34. The van der Waals surface area contributed by atoms with Crippen molar-refractivity contribution in [3.63, 3.8) is 0 Å². The predicted octanol–water partition coefficient (Wildman–Crippen LogP) is 0.229. The summed E-state index contributed by atoms with van der Waals surface area (Å²) in [6, 6.07) is 0.993. The Bertz CT molecular complexity index is 174. The SMILES string of the molecule is CO[C@@H]1C[C@@H]2C[C@@H](O)C[C@@H]1N2C. The zero-order valence-electron chi connectivity index (χ0n) is 7.73. The van der Waals surface area contributed by atoms with Crippen molar-refractivity contribution in [3.05, 3.63) is 0 Å². The van der Waals surface area contributed by atoms with Crippen LogP contribution in [0.25, 0.3) is 0 Å². The van der Waals surface area contributed by atoms with Crippen LogP contribution in [-0.4, -0.2) is 48.5 Å². The molecule has 0 amide bonds. The minimum atomic E-state index is -0.101. The average molecular weight is 171 g/mol. The van der Waals surface area contributed by atoms with E-state index in [0.717, 1.165) is 19.3 Å². The lowest BCUT2D eigenvalue weighted by atomic mass is 10.0. The van der Waals surface area contributed by atoms with E-state index in [4.69, 9.17) is 4.74 Å². The molecule has 2 heterocycles. The van der Waals surface area contributed by atoms with Gasteiger partial charge in [0.25, 0.3) is 0 Å². The molecular weight excluding hydrogens is 154 g/mol. The lowest BCUT2D eigenvalue weighted by Crippen LogP contribution is -2.44. The molecule has 0 aromatic heterocycles. The molecule has 0 spiro atoms. The van der Waals surface area contributed by atoms with Crippen molar-refractivity contribution < 1.29 is 9.84 Å². The van der Waals surface area contributed by atoms with Gasteiger partial charge in [0, 0.05) is 19.2 Å². The maximum absolute atomic E-state index is 9.54. The first kappa shape index (κ1) is 8.48. The zero-order valence-corrected chi connectivity index (χ0v) is 7.73. The molecule has 3 nitrogen and oxygen atoms in total. The summed E-state index contributed by atoms with van der Waals surface area (Å²) in [5.74, 6) is 0. The molecule has 0 saturated carbocycles. The van der Waals surface area contributed by atoms with Crippen LogP contribution in [0, 0.1) is 0 Å². The van der Waals surface area contributed by atoms with Crippen LogP contribution < -0.4 is 0 Å². The highest BCUT2D eigenvalue weighted by Crippen LogP contribution is 2.35. The van der Waals surface area contributed by atoms with E-state index in [0.29, 0.717) is 18.2 Å². The molecule has 12 heavy (non-hydrogen) atoms. The van der Waals surface area contributed by atoms with Crippen molar-refractivity contribution in [2.75, 3.05) is 14.2 Å². The second-order valence-electron chi connectivity index (χ2n) is 4.02. The van der Waals surface area contributed by atoms with Crippen LogP contribution in [-0.2, 0) is 4.74 Å². The molecule has 4 atom stereocenters. The van der Waals surface area contributed by atoms with Crippen LogP contribution in [0.15, 0.2) is 0 Å². The van der Waals surface area contributed by atoms with Gasteiger partial charge in [-0.05, 0) is 26.3 Å². The Morgan fingerprint density at radius 1 is 1.33 bits per heavy atom. The number of methoxy groups -OCH3 is 1. The molecule has 2 bridgehead atoms. The maximum Gasteiger partial charge on any atom is 0.0742 e. The van der Waals surface area contributed by atoms with Gasteiger partial charge in [-0.3, -0.25) is 4.90 Å². The number of nitrogens with zero attached hydrogens (tertiary/aromatic N) is 1.